The van der Waals surface area contributed by atoms with E-state index in [0.29, 0.717) is 28.6 Å². The molecule has 0 bridgehead atoms. The highest BCUT2D eigenvalue weighted by Crippen LogP contribution is 2.26. The average Bonchev–Trinajstić information content (AvgIpc) is 3.12. The van der Waals surface area contributed by atoms with Crippen molar-refractivity contribution >= 4 is 11.6 Å². The lowest BCUT2D eigenvalue weighted by molar-refractivity contribution is 0.103. The zero-order valence-corrected chi connectivity index (χ0v) is 15.0. The van der Waals surface area contributed by atoms with Crippen molar-refractivity contribution in [2.75, 3.05) is 0 Å². The lowest BCUT2D eigenvalue weighted by Crippen LogP contribution is -2.17. The normalized spacial score (nSPS) is 14.4. The summed E-state index contributed by atoms with van der Waals surface area (Å²) in [5, 5.41) is 0. The number of rotatable bonds is 5. The van der Waals surface area contributed by atoms with E-state index < -0.39 is 0 Å². The van der Waals surface area contributed by atoms with Crippen LogP contribution in [0.3, 0.4) is 0 Å². The van der Waals surface area contributed by atoms with E-state index in [4.69, 9.17) is 9.57 Å². The lowest BCUT2D eigenvalue weighted by atomic mass is 9.96. The van der Waals surface area contributed by atoms with E-state index in [-0.39, 0.29) is 5.78 Å². The molecule has 0 amide bonds. The van der Waals surface area contributed by atoms with Gasteiger partial charge >= 0.3 is 0 Å². The minimum Gasteiger partial charge on any atom is -0.459 e. The zero-order chi connectivity index (χ0) is 18.7. The Balaban J connectivity index is 1.79. The van der Waals surface area contributed by atoms with Crippen LogP contribution in [0.5, 0.6) is 5.75 Å². The van der Waals surface area contributed by atoms with Gasteiger partial charge in [-0.05, 0) is 49.6 Å². The number of hydrogen-bond acceptors (Lipinski definition) is 5. The molecule has 1 heterocycles. The molecule has 0 atom stereocenters. The summed E-state index contributed by atoms with van der Waals surface area (Å²) in [5.74, 6) is 1.52. The van der Waals surface area contributed by atoms with Gasteiger partial charge in [-0.25, -0.2) is 5.48 Å². The van der Waals surface area contributed by atoms with Crippen molar-refractivity contribution in [2.45, 2.75) is 20.8 Å². The molecule has 3 rings (SSSR count). The van der Waals surface area contributed by atoms with E-state index >= 15 is 0 Å². The number of aliphatic imine (C=N–C) groups is 1. The van der Waals surface area contributed by atoms with Crippen molar-refractivity contribution in [1.82, 2.24) is 5.48 Å². The molecule has 132 valence electrons. The summed E-state index contributed by atoms with van der Waals surface area (Å²) in [6.45, 7) is 9.23. The highest BCUT2D eigenvalue weighted by Gasteiger charge is 2.16. The van der Waals surface area contributed by atoms with Crippen molar-refractivity contribution in [3.05, 3.63) is 89.0 Å². The second-order valence-corrected chi connectivity index (χ2v) is 6.08. The Labute approximate surface area is 152 Å². The topological polar surface area (TPSA) is 59.9 Å². The number of Topliss-reactive ketones (excluding diaryl/α,β-unsaturated/α-hetero) is 1. The van der Waals surface area contributed by atoms with Gasteiger partial charge in [0.25, 0.3) is 5.88 Å². The number of ketones is 1. The number of carbonyl (C=O) groups is 1. The summed E-state index contributed by atoms with van der Waals surface area (Å²) in [7, 11) is 0. The van der Waals surface area contributed by atoms with E-state index in [1.807, 2.05) is 44.2 Å². The van der Waals surface area contributed by atoms with Crippen molar-refractivity contribution in [2.24, 2.45) is 4.99 Å². The monoisotopic (exact) mass is 348 g/mol. The van der Waals surface area contributed by atoms with E-state index in [1.165, 1.54) is 6.26 Å². The Morgan fingerprint density at radius 2 is 1.88 bits per heavy atom. The molecule has 0 unspecified atom stereocenters. The van der Waals surface area contributed by atoms with Crippen LogP contribution < -0.4 is 10.2 Å². The third-order valence-electron chi connectivity index (χ3n) is 4.18. The third kappa shape index (κ3) is 3.52. The molecule has 1 aliphatic rings. The SMILES string of the molecule is C=C(C)C(=O)c1ccc(OC=C2N=C(c3ccccc3)NO2)c(C)c1C. The Kier molecular flexibility index (Phi) is 4.89. The standard InChI is InChI=1S/C21H20N2O3/c1-13(2)20(24)17-10-11-18(15(4)14(17)3)25-12-19-22-21(23-26-19)16-8-6-5-7-9-16/h5-12H,1H2,2-4H3,(H,22,23). The first kappa shape index (κ1) is 17.5. The molecule has 0 saturated heterocycles. The maximum Gasteiger partial charge on any atom is 0.283 e. The molecule has 0 fully saturated rings. The molecule has 2 aromatic carbocycles. The number of amidine groups is 1. The van der Waals surface area contributed by atoms with Crippen LogP contribution in [0.15, 0.2) is 71.8 Å². The van der Waals surface area contributed by atoms with Gasteiger partial charge in [0.05, 0.1) is 0 Å². The van der Waals surface area contributed by atoms with Crippen LogP contribution >= 0.6 is 0 Å². The molecule has 0 radical (unpaired) electrons. The smallest absolute Gasteiger partial charge is 0.283 e. The van der Waals surface area contributed by atoms with Crippen molar-refractivity contribution in [1.29, 1.82) is 0 Å². The van der Waals surface area contributed by atoms with Gasteiger partial charge in [0, 0.05) is 11.1 Å². The van der Waals surface area contributed by atoms with Crippen LogP contribution in [0.2, 0.25) is 0 Å². The van der Waals surface area contributed by atoms with Gasteiger partial charge in [0.15, 0.2) is 17.9 Å². The van der Waals surface area contributed by atoms with Crippen LogP contribution in [0, 0.1) is 13.8 Å². The molecule has 5 heteroatoms. The number of carbonyl (C=O) groups excluding carboxylic acids is 1. The summed E-state index contributed by atoms with van der Waals surface area (Å²) in [4.78, 5) is 21.8. The first-order chi connectivity index (χ1) is 12.5. The number of hydroxylamine groups is 1. The Morgan fingerprint density at radius 1 is 1.15 bits per heavy atom. The number of ether oxygens (including phenoxy) is 1. The van der Waals surface area contributed by atoms with Gasteiger partial charge in [-0.15, -0.1) is 0 Å². The summed E-state index contributed by atoms with van der Waals surface area (Å²) >= 11 is 0. The molecule has 5 nitrogen and oxygen atoms in total. The second kappa shape index (κ2) is 7.27. The predicted molar refractivity (Wildman–Crippen MR) is 101 cm³/mol. The maximum absolute atomic E-state index is 12.2. The number of nitrogens with zero attached hydrogens (tertiary/aromatic N) is 1. The molecule has 0 aromatic heterocycles. The zero-order valence-electron chi connectivity index (χ0n) is 15.0. The molecular formula is C21H20N2O3. The van der Waals surface area contributed by atoms with Crippen LogP contribution in [-0.4, -0.2) is 11.6 Å². The van der Waals surface area contributed by atoms with Gasteiger partial charge in [-0.1, -0.05) is 36.9 Å². The van der Waals surface area contributed by atoms with Crippen LogP contribution in [0.25, 0.3) is 0 Å². The van der Waals surface area contributed by atoms with Crippen LogP contribution in [-0.2, 0) is 4.84 Å². The van der Waals surface area contributed by atoms with E-state index in [2.05, 4.69) is 17.1 Å². The summed E-state index contributed by atoms with van der Waals surface area (Å²) < 4.78 is 5.71. The number of allylic oxidation sites excluding steroid dienone is 1. The highest BCUT2D eigenvalue weighted by atomic mass is 16.7. The highest BCUT2D eigenvalue weighted by molar-refractivity contribution is 6.09. The van der Waals surface area contributed by atoms with Crippen LogP contribution in [0.4, 0.5) is 0 Å². The molecule has 0 saturated carbocycles. The van der Waals surface area contributed by atoms with Crippen molar-refractivity contribution in [3.8, 4) is 5.75 Å². The van der Waals surface area contributed by atoms with E-state index in [0.717, 1.165) is 16.7 Å². The fourth-order valence-corrected chi connectivity index (χ4v) is 2.54. The number of nitrogens with one attached hydrogen (secondary N) is 1. The largest absolute Gasteiger partial charge is 0.459 e. The summed E-state index contributed by atoms with van der Waals surface area (Å²) in [6.07, 6.45) is 1.44. The third-order valence-corrected chi connectivity index (χ3v) is 4.18. The molecule has 0 spiro atoms. The van der Waals surface area contributed by atoms with Gasteiger partial charge in [-0.2, -0.15) is 4.99 Å². The summed E-state index contributed by atoms with van der Waals surface area (Å²) in [6, 6.07) is 13.2. The lowest BCUT2D eigenvalue weighted by Gasteiger charge is -2.12. The Morgan fingerprint density at radius 3 is 2.58 bits per heavy atom. The minimum absolute atomic E-state index is 0.0593. The maximum atomic E-state index is 12.2. The molecule has 2 aromatic rings. The number of hydrogen-bond donors (Lipinski definition) is 1. The molecule has 0 aliphatic carbocycles. The quantitative estimate of drug-likeness (QED) is 0.499. The van der Waals surface area contributed by atoms with E-state index in [1.54, 1.807) is 19.1 Å². The Bertz CT molecular complexity index is 928. The van der Waals surface area contributed by atoms with Gasteiger partial charge in [0.1, 0.15) is 5.75 Å². The second-order valence-electron chi connectivity index (χ2n) is 6.08. The first-order valence-electron chi connectivity index (χ1n) is 8.21. The minimum atomic E-state index is -0.0593. The van der Waals surface area contributed by atoms with Crippen molar-refractivity contribution in [3.63, 3.8) is 0 Å². The number of benzene rings is 2. The van der Waals surface area contributed by atoms with Crippen molar-refractivity contribution < 1.29 is 14.4 Å². The predicted octanol–water partition coefficient (Wildman–Crippen LogP) is 4.22. The fraction of sp³-hybridized carbons (Fsp3) is 0.143. The molecule has 1 aliphatic heterocycles. The average molecular weight is 348 g/mol. The fourth-order valence-electron chi connectivity index (χ4n) is 2.54. The molecule has 1 N–H and O–H groups in total. The van der Waals surface area contributed by atoms with Crippen LogP contribution in [0.1, 0.15) is 34.0 Å². The molecule has 26 heavy (non-hydrogen) atoms. The van der Waals surface area contributed by atoms with E-state index in [9.17, 15) is 4.79 Å². The first-order valence-corrected chi connectivity index (χ1v) is 8.21. The molecular weight excluding hydrogens is 328 g/mol. The van der Waals surface area contributed by atoms with Gasteiger partial charge < -0.3 is 9.57 Å². The summed E-state index contributed by atoms with van der Waals surface area (Å²) in [5.41, 5.74) is 6.59. The Hall–Kier alpha value is -3.34. The van der Waals surface area contributed by atoms with Gasteiger partial charge in [0.2, 0.25) is 0 Å². The van der Waals surface area contributed by atoms with Gasteiger partial charge in [-0.3, -0.25) is 4.79 Å².